The lowest BCUT2D eigenvalue weighted by atomic mass is 9.49. The van der Waals surface area contributed by atoms with Gasteiger partial charge in [0.25, 0.3) is 0 Å². The Morgan fingerprint density at radius 1 is 0.974 bits per heavy atom. The molecule has 1 aromatic heterocycles. The molecule has 0 saturated heterocycles. The predicted octanol–water partition coefficient (Wildman–Crippen LogP) is 5.40. The normalized spacial score (nSPS) is 26.3. The lowest BCUT2D eigenvalue weighted by Gasteiger charge is -2.55. The van der Waals surface area contributed by atoms with Crippen LogP contribution >= 0.6 is 0 Å². The van der Waals surface area contributed by atoms with Crippen molar-refractivity contribution in [3.63, 3.8) is 0 Å². The molecule has 6 heteroatoms. The summed E-state index contributed by atoms with van der Waals surface area (Å²) >= 11 is 0. The van der Waals surface area contributed by atoms with Crippen molar-refractivity contribution in [2.75, 3.05) is 6.61 Å². The average Bonchev–Trinajstić information content (AvgIpc) is 3.33. The number of Topliss-reactive ketones (excluding diaryl/α,β-unsaturated/α-hetero) is 1. The standard InChI is InChI=1S/C32H36N2O4/c1-2-20-7-9-24(10-8-20)29(35)19-38-30(36)28(14-25-18-33-27-6-4-3-5-26(25)27)34-31(37)32-15-21-11-22(16-32)13-23(12-21)17-32/h3-10,18,21-23,28,33H,2,11-17,19H2,1H3,(H,34,37)/t21?,22?,23?,28-,32?/m1/s1. The minimum atomic E-state index is -0.857. The molecule has 7 rings (SSSR count). The van der Waals surface area contributed by atoms with E-state index in [1.807, 2.05) is 42.6 Å². The van der Waals surface area contributed by atoms with Crippen LogP contribution in [0.5, 0.6) is 0 Å². The lowest BCUT2D eigenvalue weighted by molar-refractivity contribution is -0.153. The number of esters is 1. The lowest BCUT2D eigenvalue weighted by Crippen LogP contribution is -2.56. The van der Waals surface area contributed by atoms with Crippen LogP contribution in [0.1, 0.15) is 66.9 Å². The van der Waals surface area contributed by atoms with E-state index in [2.05, 4.69) is 17.2 Å². The maximum Gasteiger partial charge on any atom is 0.329 e. The van der Waals surface area contributed by atoms with Gasteiger partial charge in [-0.2, -0.15) is 0 Å². The number of aromatic amines is 1. The second kappa shape index (κ2) is 10.0. The number of fused-ring (bicyclic) bond motifs is 1. The summed E-state index contributed by atoms with van der Waals surface area (Å²) in [7, 11) is 0. The summed E-state index contributed by atoms with van der Waals surface area (Å²) in [6.07, 6.45) is 9.59. The third kappa shape index (κ3) is 4.77. The number of ketones is 1. The number of nitrogens with one attached hydrogen (secondary N) is 2. The average molecular weight is 513 g/mol. The maximum atomic E-state index is 13.8. The van der Waals surface area contributed by atoms with Gasteiger partial charge in [-0.05, 0) is 79.9 Å². The van der Waals surface area contributed by atoms with Crippen LogP contribution in [0.15, 0.2) is 54.7 Å². The molecule has 38 heavy (non-hydrogen) atoms. The number of benzene rings is 2. The van der Waals surface area contributed by atoms with Crippen LogP contribution in [0.25, 0.3) is 10.9 Å². The molecule has 0 spiro atoms. The van der Waals surface area contributed by atoms with Crippen LogP contribution in [0.2, 0.25) is 0 Å². The van der Waals surface area contributed by atoms with E-state index in [-0.39, 0.29) is 23.7 Å². The second-order valence-corrected chi connectivity index (χ2v) is 11.9. The van der Waals surface area contributed by atoms with Gasteiger partial charge < -0.3 is 15.0 Å². The van der Waals surface area contributed by atoms with Crippen LogP contribution < -0.4 is 5.32 Å². The van der Waals surface area contributed by atoms with Crippen molar-refractivity contribution in [1.29, 1.82) is 0 Å². The third-order valence-electron chi connectivity index (χ3n) is 9.24. The molecule has 198 valence electrons. The van der Waals surface area contributed by atoms with Gasteiger partial charge in [0.05, 0.1) is 0 Å². The van der Waals surface area contributed by atoms with E-state index in [0.29, 0.717) is 29.7 Å². The summed E-state index contributed by atoms with van der Waals surface area (Å²) in [6.45, 7) is 1.71. The topological polar surface area (TPSA) is 88.3 Å². The molecule has 4 saturated carbocycles. The van der Waals surface area contributed by atoms with Crippen molar-refractivity contribution in [2.45, 2.75) is 64.3 Å². The molecule has 4 bridgehead atoms. The molecule has 1 amide bonds. The van der Waals surface area contributed by atoms with Crippen molar-refractivity contribution in [3.05, 3.63) is 71.4 Å². The summed E-state index contributed by atoms with van der Waals surface area (Å²) in [4.78, 5) is 43.2. The molecular weight excluding hydrogens is 476 g/mol. The zero-order chi connectivity index (χ0) is 26.3. The molecule has 1 heterocycles. The Kier molecular flexibility index (Phi) is 6.58. The second-order valence-electron chi connectivity index (χ2n) is 11.9. The highest BCUT2D eigenvalue weighted by molar-refractivity contribution is 5.98. The van der Waals surface area contributed by atoms with Crippen molar-refractivity contribution >= 4 is 28.6 Å². The number of aryl methyl sites for hydroxylation is 1. The van der Waals surface area contributed by atoms with Gasteiger partial charge in [-0.1, -0.05) is 49.4 Å². The van der Waals surface area contributed by atoms with Gasteiger partial charge >= 0.3 is 5.97 Å². The molecule has 6 nitrogen and oxygen atoms in total. The van der Waals surface area contributed by atoms with E-state index in [0.717, 1.165) is 47.7 Å². The van der Waals surface area contributed by atoms with Crippen LogP contribution in [-0.4, -0.2) is 35.3 Å². The van der Waals surface area contributed by atoms with Gasteiger partial charge in [0, 0.05) is 34.5 Å². The van der Waals surface area contributed by atoms with E-state index in [4.69, 9.17) is 4.74 Å². The number of carbonyl (C=O) groups excluding carboxylic acids is 3. The van der Waals surface area contributed by atoms with Gasteiger partial charge in [0.15, 0.2) is 12.4 Å². The first-order chi connectivity index (χ1) is 18.4. The highest BCUT2D eigenvalue weighted by Gasteiger charge is 2.55. The summed E-state index contributed by atoms with van der Waals surface area (Å²) in [6, 6.07) is 14.4. The van der Waals surface area contributed by atoms with Crippen LogP contribution in [0.4, 0.5) is 0 Å². The Balaban J connectivity index is 1.19. The zero-order valence-corrected chi connectivity index (χ0v) is 22.0. The van der Waals surface area contributed by atoms with Crippen molar-refractivity contribution in [1.82, 2.24) is 10.3 Å². The Morgan fingerprint density at radius 3 is 2.29 bits per heavy atom. The number of ether oxygens (including phenoxy) is 1. The summed E-state index contributed by atoms with van der Waals surface area (Å²) < 4.78 is 5.54. The first kappa shape index (κ1) is 24.9. The molecule has 3 aromatic rings. The van der Waals surface area contributed by atoms with Crippen molar-refractivity contribution in [3.8, 4) is 0 Å². The number of carbonyl (C=O) groups is 3. The Labute approximate surface area is 223 Å². The molecule has 2 N–H and O–H groups in total. The van der Waals surface area contributed by atoms with Gasteiger partial charge in [0.2, 0.25) is 5.91 Å². The number of hydrogen-bond acceptors (Lipinski definition) is 4. The van der Waals surface area contributed by atoms with E-state index in [1.165, 1.54) is 19.3 Å². The van der Waals surface area contributed by atoms with Crippen LogP contribution in [0.3, 0.4) is 0 Å². The molecule has 4 fully saturated rings. The molecule has 4 aliphatic rings. The Hall–Kier alpha value is -3.41. The first-order valence-electron chi connectivity index (χ1n) is 14.1. The highest BCUT2D eigenvalue weighted by atomic mass is 16.5. The predicted molar refractivity (Wildman–Crippen MR) is 146 cm³/mol. The first-order valence-corrected chi connectivity index (χ1v) is 14.1. The molecular formula is C32H36N2O4. The van der Waals surface area contributed by atoms with Crippen LogP contribution in [0, 0.1) is 23.2 Å². The molecule has 2 aromatic carbocycles. The number of amides is 1. The number of hydrogen-bond donors (Lipinski definition) is 2. The summed E-state index contributed by atoms with van der Waals surface area (Å²) in [5.41, 5.74) is 3.21. The number of rotatable bonds is 9. The third-order valence-corrected chi connectivity index (χ3v) is 9.24. The fourth-order valence-electron chi connectivity index (χ4n) is 7.66. The quantitative estimate of drug-likeness (QED) is 0.297. The van der Waals surface area contributed by atoms with Gasteiger partial charge in [0.1, 0.15) is 6.04 Å². The minimum Gasteiger partial charge on any atom is -0.456 e. The highest BCUT2D eigenvalue weighted by Crippen LogP contribution is 2.60. The molecule has 0 radical (unpaired) electrons. The number of H-pyrrole nitrogens is 1. The molecule has 0 unspecified atom stereocenters. The van der Waals surface area contributed by atoms with E-state index in [1.54, 1.807) is 12.1 Å². The SMILES string of the molecule is CCc1ccc(C(=O)COC(=O)[C@@H](Cc2c[nH]c3ccccc23)NC(=O)C23CC4CC(CC(C4)C2)C3)cc1. The van der Waals surface area contributed by atoms with Gasteiger partial charge in [-0.15, -0.1) is 0 Å². The van der Waals surface area contributed by atoms with Crippen molar-refractivity contribution < 1.29 is 19.1 Å². The Bertz CT molecular complexity index is 1320. The van der Waals surface area contributed by atoms with E-state index >= 15 is 0 Å². The molecule has 4 aliphatic carbocycles. The minimum absolute atomic E-state index is 0.0140. The summed E-state index contributed by atoms with van der Waals surface area (Å²) in [5, 5.41) is 4.13. The Morgan fingerprint density at radius 2 is 1.63 bits per heavy atom. The molecule has 0 aliphatic heterocycles. The largest absolute Gasteiger partial charge is 0.456 e. The zero-order valence-electron chi connectivity index (χ0n) is 22.0. The smallest absolute Gasteiger partial charge is 0.329 e. The monoisotopic (exact) mass is 512 g/mol. The summed E-state index contributed by atoms with van der Waals surface area (Å²) in [5.74, 6) is 1.05. The van der Waals surface area contributed by atoms with Crippen LogP contribution in [-0.2, 0) is 27.2 Å². The van der Waals surface area contributed by atoms with Crippen molar-refractivity contribution in [2.24, 2.45) is 23.2 Å². The fraction of sp³-hybridized carbons (Fsp3) is 0.469. The van der Waals surface area contributed by atoms with Gasteiger partial charge in [-0.3, -0.25) is 9.59 Å². The fourth-order valence-corrected chi connectivity index (χ4v) is 7.66. The van der Waals surface area contributed by atoms with E-state index < -0.39 is 12.0 Å². The molecule has 1 atom stereocenters. The number of para-hydroxylation sites is 1. The van der Waals surface area contributed by atoms with Gasteiger partial charge in [-0.25, -0.2) is 4.79 Å². The maximum absolute atomic E-state index is 13.8. The number of aromatic nitrogens is 1. The van der Waals surface area contributed by atoms with E-state index in [9.17, 15) is 14.4 Å².